The van der Waals surface area contributed by atoms with Gasteiger partial charge in [-0.15, -0.1) is 0 Å². The number of fused-ring (bicyclic) bond motifs is 1. The number of carbonyl (C=O) groups is 2. The van der Waals surface area contributed by atoms with Crippen LogP contribution in [-0.4, -0.2) is 63.5 Å². The van der Waals surface area contributed by atoms with Crippen LogP contribution < -0.4 is 4.74 Å². The number of imidazole rings is 1. The van der Waals surface area contributed by atoms with E-state index in [9.17, 15) is 14.7 Å². The van der Waals surface area contributed by atoms with Crippen molar-refractivity contribution in [3.63, 3.8) is 0 Å². The number of carboxylic acids is 1. The van der Waals surface area contributed by atoms with Crippen LogP contribution in [-0.2, 0) is 30.9 Å². The number of aliphatic hydroxyl groups excluding tert-OH is 1. The van der Waals surface area contributed by atoms with E-state index in [2.05, 4.69) is 15.0 Å². The highest BCUT2D eigenvalue weighted by Crippen LogP contribution is 2.38. The minimum absolute atomic E-state index is 0.0138. The molecule has 0 aliphatic heterocycles. The summed E-state index contributed by atoms with van der Waals surface area (Å²) in [5.74, 6) is -2.28. The van der Waals surface area contributed by atoms with E-state index in [1.165, 1.54) is 36.5 Å². The van der Waals surface area contributed by atoms with Crippen molar-refractivity contribution >= 4 is 28.9 Å². The molecule has 10 nitrogen and oxygen atoms in total. The van der Waals surface area contributed by atoms with Crippen LogP contribution in [0.15, 0.2) is 73.1 Å². The Labute approximate surface area is 281 Å². The van der Waals surface area contributed by atoms with Crippen molar-refractivity contribution in [1.82, 2.24) is 15.0 Å². The summed E-state index contributed by atoms with van der Waals surface area (Å²) in [6, 6.07) is 14.5. The minimum atomic E-state index is -0.967. The zero-order valence-corrected chi connectivity index (χ0v) is 27.1. The van der Waals surface area contributed by atoms with Crippen LogP contribution in [0.5, 0.6) is 11.5 Å². The van der Waals surface area contributed by atoms with Crippen LogP contribution in [0.4, 0.5) is 8.78 Å². The van der Waals surface area contributed by atoms with Crippen molar-refractivity contribution in [2.75, 3.05) is 26.4 Å². The van der Waals surface area contributed by atoms with Gasteiger partial charge in [0.1, 0.15) is 17.4 Å². The van der Waals surface area contributed by atoms with Gasteiger partial charge >= 0.3 is 11.9 Å². The maximum Gasteiger partial charge on any atom is 0.330 e. The Kier molecular flexibility index (Phi) is 11.2. The van der Waals surface area contributed by atoms with Crippen LogP contribution in [0, 0.1) is 11.6 Å². The number of aromatic amines is 2. The summed E-state index contributed by atoms with van der Waals surface area (Å²) in [4.78, 5) is 33.1. The van der Waals surface area contributed by atoms with E-state index in [1.54, 1.807) is 25.3 Å². The minimum Gasteiger partial charge on any atom is -0.481 e. The second kappa shape index (κ2) is 15.7. The number of aryl methyl sites for hydroxylation is 1. The van der Waals surface area contributed by atoms with Gasteiger partial charge in [-0.3, -0.25) is 4.79 Å². The number of aliphatic carboxylic acids is 1. The second-order valence-electron chi connectivity index (χ2n) is 11.6. The number of aromatic nitrogens is 3. The Morgan fingerprint density at radius 3 is 2.67 bits per heavy atom. The van der Waals surface area contributed by atoms with E-state index in [0.29, 0.717) is 29.6 Å². The van der Waals surface area contributed by atoms with Crippen molar-refractivity contribution in [1.29, 1.82) is 0 Å². The molecular weight excluding hydrogens is 636 g/mol. The van der Waals surface area contributed by atoms with Crippen molar-refractivity contribution in [3.05, 3.63) is 107 Å². The molecule has 0 radical (unpaired) electrons. The number of H-pyrrole nitrogens is 2. The highest BCUT2D eigenvalue weighted by Gasteiger charge is 2.31. The fraction of sp³-hybridized carbons (Fsp3) is 0.270. The Morgan fingerprint density at radius 2 is 1.90 bits per heavy atom. The third kappa shape index (κ3) is 8.22. The standard InChI is InChI=1S/C37H37F2N3O7/c1-3-48-34(46)12-9-23-6-4-7-24(18-23)37(2,22-43)32-21-41-36(42-32)28-19-25(10-11-29(28)38)49-35-27(8-5-16-47-17-14-33(44)45)26-13-15-40-31(26)20-30(35)39/h4,6-7,9-13,15,18-21,40,43H,3,5,8,14,16-17,22H2,1-2H3,(H,41,42)(H,44,45)/b12-9+. The fourth-order valence-corrected chi connectivity index (χ4v) is 5.47. The monoisotopic (exact) mass is 673 g/mol. The zero-order valence-electron chi connectivity index (χ0n) is 27.1. The number of hydrogen-bond donors (Lipinski definition) is 4. The molecule has 0 saturated carbocycles. The van der Waals surface area contributed by atoms with Gasteiger partial charge in [-0.25, -0.2) is 18.6 Å². The fourth-order valence-electron chi connectivity index (χ4n) is 5.47. The predicted molar refractivity (Wildman–Crippen MR) is 179 cm³/mol. The molecule has 12 heteroatoms. The van der Waals surface area contributed by atoms with Gasteiger partial charge in [0.15, 0.2) is 11.6 Å². The molecule has 5 aromatic rings. The van der Waals surface area contributed by atoms with E-state index >= 15 is 8.78 Å². The number of carboxylic acid groups (broad SMARTS) is 1. The molecule has 0 saturated heterocycles. The maximum atomic E-state index is 15.5. The van der Waals surface area contributed by atoms with Gasteiger partial charge in [-0.1, -0.05) is 24.3 Å². The molecule has 4 N–H and O–H groups in total. The SMILES string of the molecule is CCOC(=O)/C=C/c1cccc(C(C)(CO)c2cnc(-c3cc(Oc4c(F)cc5[nH]ccc5c4CCCOCCC(=O)O)ccc3F)[nH]2)c1. The lowest BCUT2D eigenvalue weighted by molar-refractivity contribution is -0.138. The third-order valence-electron chi connectivity index (χ3n) is 8.16. The number of aliphatic hydroxyl groups is 1. The van der Waals surface area contributed by atoms with Gasteiger partial charge in [0.05, 0.1) is 37.2 Å². The largest absolute Gasteiger partial charge is 0.481 e. The predicted octanol–water partition coefficient (Wildman–Crippen LogP) is 6.93. The average molecular weight is 674 g/mol. The first-order valence-corrected chi connectivity index (χ1v) is 15.8. The lowest BCUT2D eigenvalue weighted by atomic mass is 9.80. The molecule has 2 heterocycles. The van der Waals surface area contributed by atoms with Gasteiger partial charge < -0.3 is 34.4 Å². The maximum absolute atomic E-state index is 15.5. The number of esters is 1. The topological polar surface area (TPSA) is 147 Å². The molecule has 256 valence electrons. The summed E-state index contributed by atoms with van der Waals surface area (Å²) in [5, 5.41) is 20.1. The lowest BCUT2D eigenvalue weighted by Gasteiger charge is -2.27. The summed E-state index contributed by atoms with van der Waals surface area (Å²) < 4.78 is 47.2. The number of ether oxygens (including phenoxy) is 3. The Bertz CT molecular complexity index is 1970. The molecule has 5 rings (SSSR count). The highest BCUT2D eigenvalue weighted by molar-refractivity contribution is 5.87. The lowest BCUT2D eigenvalue weighted by Crippen LogP contribution is -2.28. The van der Waals surface area contributed by atoms with Crippen molar-refractivity contribution < 1.29 is 42.8 Å². The number of halogens is 2. The molecular formula is C37H37F2N3O7. The summed E-state index contributed by atoms with van der Waals surface area (Å²) >= 11 is 0. The van der Waals surface area contributed by atoms with E-state index in [4.69, 9.17) is 19.3 Å². The van der Waals surface area contributed by atoms with E-state index in [0.717, 1.165) is 16.5 Å². The summed E-state index contributed by atoms with van der Waals surface area (Å²) in [5.41, 5.74) is 2.24. The van der Waals surface area contributed by atoms with Crippen LogP contribution in [0.3, 0.4) is 0 Å². The van der Waals surface area contributed by atoms with E-state index in [1.807, 2.05) is 31.2 Å². The quantitative estimate of drug-likeness (QED) is 0.0501. The number of nitrogens with zero attached hydrogens (tertiary/aromatic N) is 1. The normalized spacial score (nSPS) is 12.8. The molecule has 0 aliphatic rings. The second-order valence-corrected chi connectivity index (χ2v) is 11.6. The Morgan fingerprint density at radius 1 is 1.06 bits per heavy atom. The molecule has 0 amide bonds. The number of carbonyl (C=O) groups excluding carboxylic acids is 1. The molecule has 3 aromatic carbocycles. The smallest absolute Gasteiger partial charge is 0.330 e. The molecule has 49 heavy (non-hydrogen) atoms. The van der Waals surface area contributed by atoms with Crippen LogP contribution in [0.25, 0.3) is 28.4 Å². The molecule has 1 atom stereocenters. The van der Waals surface area contributed by atoms with E-state index in [-0.39, 0.29) is 55.7 Å². The molecule has 0 bridgehead atoms. The van der Waals surface area contributed by atoms with Crippen molar-refractivity contribution in [3.8, 4) is 22.9 Å². The highest BCUT2D eigenvalue weighted by atomic mass is 19.1. The van der Waals surface area contributed by atoms with Crippen LogP contribution in [0.1, 0.15) is 49.1 Å². The zero-order chi connectivity index (χ0) is 35.0. The van der Waals surface area contributed by atoms with Crippen molar-refractivity contribution in [2.24, 2.45) is 0 Å². The summed E-state index contributed by atoms with van der Waals surface area (Å²) in [7, 11) is 0. The first kappa shape index (κ1) is 35.0. The number of hydrogen-bond acceptors (Lipinski definition) is 7. The van der Waals surface area contributed by atoms with Gasteiger partial charge in [0, 0.05) is 53.3 Å². The van der Waals surface area contributed by atoms with Gasteiger partial charge in [0.25, 0.3) is 0 Å². The van der Waals surface area contributed by atoms with E-state index < -0.39 is 29.0 Å². The van der Waals surface area contributed by atoms with Gasteiger partial charge in [-0.05, 0) is 68.2 Å². The average Bonchev–Trinajstić information content (AvgIpc) is 3.78. The first-order chi connectivity index (χ1) is 23.6. The summed E-state index contributed by atoms with van der Waals surface area (Å²) in [6.45, 7) is 3.85. The Hall–Kier alpha value is -5.33. The number of benzene rings is 3. The van der Waals surface area contributed by atoms with Crippen molar-refractivity contribution in [2.45, 2.75) is 38.5 Å². The van der Waals surface area contributed by atoms with Gasteiger partial charge in [0.2, 0.25) is 0 Å². The third-order valence-corrected chi connectivity index (χ3v) is 8.16. The molecule has 0 aliphatic carbocycles. The Balaban J connectivity index is 1.40. The molecule has 0 fully saturated rings. The number of nitrogens with one attached hydrogen (secondary N) is 2. The molecule has 1 unspecified atom stereocenters. The molecule has 2 aromatic heterocycles. The van der Waals surface area contributed by atoms with Gasteiger partial charge in [-0.2, -0.15) is 0 Å². The first-order valence-electron chi connectivity index (χ1n) is 15.8. The summed E-state index contributed by atoms with van der Waals surface area (Å²) in [6.07, 6.45) is 6.93. The molecule has 0 spiro atoms. The van der Waals surface area contributed by atoms with Crippen LogP contribution in [0.2, 0.25) is 0 Å². The van der Waals surface area contributed by atoms with Crippen LogP contribution >= 0.6 is 0 Å². The number of rotatable bonds is 16.